The molecule has 0 radical (unpaired) electrons. The Balaban J connectivity index is 1.62. The molecule has 1 aliphatic rings. The van der Waals surface area contributed by atoms with E-state index in [1.807, 2.05) is 0 Å². The average Bonchev–Trinajstić information content (AvgIpc) is 2.63. The highest BCUT2D eigenvalue weighted by Crippen LogP contribution is 2.16. The van der Waals surface area contributed by atoms with Gasteiger partial charge in [0.2, 0.25) is 10.0 Å². The molecule has 0 spiro atoms. The maximum Gasteiger partial charge on any atom is 0.258 e. The Bertz CT molecular complexity index is 953. The van der Waals surface area contributed by atoms with E-state index < -0.39 is 10.0 Å². The number of sulfonamides is 1. The number of nitrogens with zero attached hydrogens (tertiary/aromatic N) is 3. The van der Waals surface area contributed by atoms with Gasteiger partial charge in [0, 0.05) is 31.2 Å². The standard InChI is InChI=1S/C18H25ClN4O3S/c1-2-3-4-11-27(25,26)23-9-7-22(8-10-23)13-17-20-16-6-5-14(19)12-15(16)18(24)21-17/h5-6,12H,2-4,7-11,13H2,1H3,(H,20,21,24). The Morgan fingerprint density at radius 1 is 1.19 bits per heavy atom. The Hall–Kier alpha value is -1.48. The van der Waals surface area contributed by atoms with E-state index in [2.05, 4.69) is 21.8 Å². The van der Waals surface area contributed by atoms with Crippen molar-refractivity contribution in [1.82, 2.24) is 19.2 Å². The molecule has 0 unspecified atom stereocenters. The van der Waals surface area contributed by atoms with Crippen LogP contribution in [0.3, 0.4) is 0 Å². The Labute approximate surface area is 164 Å². The number of fused-ring (bicyclic) bond motifs is 1. The van der Waals surface area contributed by atoms with Crippen LogP contribution in [0.1, 0.15) is 32.0 Å². The largest absolute Gasteiger partial charge is 0.309 e. The van der Waals surface area contributed by atoms with E-state index in [9.17, 15) is 13.2 Å². The van der Waals surface area contributed by atoms with Crippen molar-refractivity contribution < 1.29 is 8.42 Å². The number of halogens is 1. The second kappa shape index (κ2) is 8.68. The van der Waals surface area contributed by atoms with Crippen LogP contribution >= 0.6 is 11.6 Å². The summed E-state index contributed by atoms with van der Waals surface area (Å²) in [5.74, 6) is 0.803. The summed E-state index contributed by atoms with van der Waals surface area (Å²) in [5, 5.41) is 0.966. The molecule has 1 aliphatic heterocycles. The average molecular weight is 413 g/mol. The lowest BCUT2D eigenvalue weighted by Gasteiger charge is -2.33. The van der Waals surface area contributed by atoms with Crippen molar-refractivity contribution >= 4 is 32.5 Å². The zero-order valence-corrected chi connectivity index (χ0v) is 17.0. The lowest BCUT2D eigenvalue weighted by molar-refractivity contribution is 0.178. The van der Waals surface area contributed by atoms with Gasteiger partial charge in [0.25, 0.3) is 5.56 Å². The Morgan fingerprint density at radius 3 is 2.63 bits per heavy atom. The van der Waals surface area contributed by atoms with Crippen molar-refractivity contribution in [2.75, 3.05) is 31.9 Å². The summed E-state index contributed by atoms with van der Waals surface area (Å²) in [4.78, 5) is 21.7. The smallest absolute Gasteiger partial charge is 0.258 e. The maximum absolute atomic E-state index is 12.4. The molecule has 1 aromatic carbocycles. The number of hydrogen-bond donors (Lipinski definition) is 1. The van der Waals surface area contributed by atoms with Gasteiger partial charge in [0.05, 0.1) is 23.2 Å². The lowest BCUT2D eigenvalue weighted by Crippen LogP contribution is -2.49. The molecule has 9 heteroatoms. The van der Waals surface area contributed by atoms with E-state index in [1.54, 1.807) is 22.5 Å². The third kappa shape index (κ3) is 5.07. The zero-order valence-electron chi connectivity index (χ0n) is 15.4. The van der Waals surface area contributed by atoms with E-state index in [4.69, 9.17) is 11.6 Å². The number of piperazine rings is 1. The minimum Gasteiger partial charge on any atom is -0.309 e. The molecule has 2 aromatic rings. The van der Waals surface area contributed by atoms with Crippen LogP contribution in [0.5, 0.6) is 0 Å². The van der Waals surface area contributed by atoms with Gasteiger partial charge < -0.3 is 4.98 Å². The fourth-order valence-corrected chi connectivity index (χ4v) is 4.99. The van der Waals surface area contributed by atoms with Crippen molar-refractivity contribution in [1.29, 1.82) is 0 Å². The first kappa shape index (κ1) is 20.3. The molecule has 1 fully saturated rings. The minimum atomic E-state index is -3.17. The quantitative estimate of drug-likeness (QED) is 0.704. The van der Waals surface area contributed by atoms with Crippen molar-refractivity contribution in [3.05, 3.63) is 39.4 Å². The van der Waals surface area contributed by atoms with Crippen LogP contribution in [0.25, 0.3) is 10.9 Å². The number of hydrogen-bond acceptors (Lipinski definition) is 5. The first-order chi connectivity index (χ1) is 12.9. The molecule has 1 N–H and O–H groups in total. The van der Waals surface area contributed by atoms with Gasteiger partial charge in [0.15, 0.2) is 0 Å². The second-order valence-corrected chi connectivity index (χ2v) is 9.40. The molecule has 0 bridgehead atoms. The summed E-state index contributed by atoms with van der Waals surface area (Å²) in [5.41, 5.74) is 0.393. The number of benzene rings is 1. The lowest BCUT2D eigenvalue weighted by atomic mass is 10.2. The highest BCUT2D eigenvalue weighted by Gasteiger charge is 2.26. The van der Waals surface area contributed by atoms with Gasteiger partial charge in [-0.3, -0.25) is 9.69 Å². The molecule has 0 saturated carbocycles. The van der Waals surface area contributed by atoms with Gasteiger partial charge in [-0.05, 0) is 24.6 Å². The monoisotopic (exact) mass is 412 g/mol. The zero-order chi connectivity index (χ0) is 19.4. The predicted molar refractivity (Wildman–Crippen MR) is 108 cm³/mol. The highest BCUT2D eigenvalue weighted by molar-refractivity contribution is 7.89. The van der Waals surface area contributed by atoms with Crippen LogP contribution in [0.4, 0.5) is 0 Å². The summed E-state index contributed by atoms with van der Waals surface area (Å²) in [6, 6.07) is 5.05. The molecule has 1 saturated heterocycles. The molecule has 3 rings (SSSR count). The van der Waals surface area contributed by atoms with E-state index >= 15 is 0 Å². The van der Waals surface area contributed by atoms with Gasteiger partial charge in [-0.1, -0.05) is 31.4 Å². The van der Waals surface area contributed by atoms with Gasteiger partial charge in [0.1, 0.15) is 5.82 Å². The van der Waals surface area contributed by atoms with Crippen molar-refractivity contribution in [2.45, 2.75) is 32.7 Å². The van der Waals surface area contributed by atoms with Gasteiger partial charge in [-0.15, -0.1) is 0 Å². The minimum absolute atomic E-state index is 0.213. The number of H-pyrrole nitrogens is 1. The van der Waals surface area contributed by atoms with E-state index in [1.165, 1.54) is 0 Å². The van der Waals surface area contributed by atoms with Crippen molar-refractivity contribution in [3.63, 3.8) is 0 Å². The number of nitrogens with one attached hydrogen (secondary N) is 1. The third-order valence-electron chi connectivity index (χ3n) is 4.82. The SMILES string of the molecule is CCCCCS(=O)(=O)N1CCN(Cc2nc3ccc(Cl)cc3c(=O)[nH]2)CC1. The molecule has 0 amide bonds. The molecule has 7 nitrogen and oxygen atoms in total. The van der Waals surface area contributed by atoms with E-state index in [-0.39, 0.29) is 11.3 Å². The molecule has 2 heterocycles. The van der Waals surface area contributed by atoms with Gasteiger partial charge in [-0.25, -0.2) is 13.4 Å². The van der Waals surface area contributed by atoms with Crippen LogP contribution in [-0.2, 0) is 16.6 Å². The maximum atomic E-state index is 12.4. The molecular formula is C18H25ClN4O3S. The van der Waals surface area contributed by atoms with E-state index in [0.717, 1.165) is 12.8 Å². The highest BCUT2D eigenvalue weighted by atomic mass is 35.5. The summed E-state index contributed by atoms with van der Waals surface area (Å²) in [7, 11) is -3.17. The molecular weight excluding hydrogens is 388 g/mol. The summed E-state index contributed by atoms with van der Waals surface area (Å²) in [6.07, 6.45) is 2.66. The summed E-state index contributed by atoms with van der Waals surface area (Å²) >= 11 is 5.93. The second-order valence-electron chi connectivity index (χ2n) is 6.87. The Kier molecular flexibility index (Phi) is 6.52. The fraction of sp³-hybridized carbons (Fsp3) is 0.556. The van der Waals surface area contributed by atoms with Crippen molar-refractivity contribution in [3.8, 4) is 0 Å². The molecule has 0 aliphatic carbocycles. The third-order valence-corrected chi connectivity index (χ3v) is 7.01. The Morgan fingerprint density at radius 2 is 1.93 bits per heavy atom. The number of aromatic amines is 1. The molecule has 148 valence electrons. The number of aromatic nitrogens is 2. The topological polar surface area (TPSA) is 86.4 Å². The van der Waals surface area contributed by atoms with Crippen LogP contribution in [0.15, 0.2) is 23.0 Å². The normalized spacial score (nSPS) is 16.8. The number of rotatable bonds is 7. The fourth-order valence-electron chi connectivity index (χ4n) is 3.28. The van der Waals surface area contributed by atoms with Crippen LogP contribution in [0, 0.1) is 0 Å². The van der Waals surface area contributed by atoms with Gasteiger partial charge in [-0.2, -0.15) is 4.31 Å². The van der Waals surface area contributed by atoms with Crippen LogP contribution < -0.4 is 5.56 Å². The molecule has 1 aromatic heterocycles. The van der Waals surface area contributed by atoms with E-state index in [0.29, 0.717) is 60.9 Å². The predicted octanol–water partition coefficient (Wildman–Crippen LogP) is 2.21. The summed E-state index contributed by atoms with van der Waals surface area (Å²) < 4.78 is 26.3. The first-order valence-electron chi connectivity index (χ1n) is 9.27. The first-order valence-corrected chi connectivity index (χ1v) is 11.3. The number of unbranched alkanes of at least 4 members (excludes halogenated alkanes) is 2. The summed E-state index contributed by atoms with van der Waals surface area (Å²) in [6.45, 7) is 4.73. The molecule has 27 heavy (non-hydrogen) atoms. The van der Waals surface area contributed by atoms with Gasteiger partial charge >= 0.3 is 0 Å². The van der Waals surface area contributed by atoms with Crippen LogP contribution in [0.2, 0.25) is 5.02 Å². The van der Waals surface area contributed by atoms with Crippen molar-refractivity contribution in [2.24, 2.45) is 0 Å². The molecule has 0 atom stereocenters. The van der Waals surface area contributed by atoms with Crippen LogP contribution in [-0.4, -0.2) is 59.5 Å².